The van der Waals surface area contributed by atoms with Crippen molar-refractivity contribution in [1.29, 1.82) is 0 Å². The van der Waals surface area contributed by atoms with Crippen molar-refractivity contribution in [2.24, 2.45) is 0 Å². The molecule has 0 unspecified atom stereocenters. The van der Waals surface area contributed by atoms with Crippen LogP contribution >= 0.6 is 0 Å². The molecule has 8 nitrogen and oxygen atoms in total. The number of benzene rings is 2. The molecule has 0 aliphatic carbocycles. The number of aromatic amines is 1. The van der Waals surface area contributed by atoms with E-state index in [1.807, 2.05) is 42.1 Å². The molecule has 2 N–H and O–H groups in total. The summed E-state index contributed by atoms with van der Waals surface area (Å²) in [7, 11) is 1.63. The number of aromatic nitrogens is 4. The lowest BCUT2D eigenvalue weighted by Crippen LogP contribution is -2.32. The lowest BCUT2D eigenvalue weighted by molar-refractivity contribution is 0.0942. The number of hydrogen-bond donors (Lipinski definition) is 2. The van der Waals surface area contributed by atoms with Gasteiger partial charge in [0.1, 0.15) is 11.6 Å². The lowest BCUT2D eigenvalue weighted by atomic mass is 10.0. The monoisotopic (exact) mass is 488 g/mol. The van der Waals surface area contributed by atoms with Gasteiger partial charge in [-0.1, -0.05) is 12.1 Å². The zero-order valence-electron chi connectivity index (χ0n) is 20.4. The molecule has 4 aromatic rings. The molecule has 0 radical (unpaired) electrons. The summed E-state index contributed by atoms with van der Waals surface area (Å²) < 4.78 is 20.5. The smallest absolute Gasteiger partial charge is 0.272 e. The second-order valence-corrected chi connectivity index (χ2v) is 8.86. The van der Waals surface area contributed by atoms with Crippen LogP contribution in [0, 0.1) is 5.82 Å². The van der Waals surface area contributed by atoms with Gasteiger partial charge >= 0.3 is 0 Å². The molecule has 1 aliphatic heterocycles. The Morgan fingerprint density at radius 1 is 1.17 bits per heavy atom. The fourth-order valence-electron chi connectivity index (χ4n) is 4.67. The zero-order chi connectivity index (χ0) is 25.1. The average Bonchev–Trinajstić information content (AvgIpc) is 3.52. The quantitative estimate of drug-likeness (QED) is 0.392. The van der Waals surface area contributed by atoms with Crippen LogP contribution in [0.1, 0.15) is 39.8 Å². The van der Waals surface area contributed by atoms with Gasteiger partial charge in [-0.05, 0) is 48.9 Å². The standard InChI is InChI=1S/C27H29FN6O2/c1-3-34-24-12-13-33(16-20-15-30-31-25(20)19-6-8-21(28)9-7-19)17-23(24)26(32-34)27(35)29-14-18-4-10-22(36-2)11-5-18/h4-11,15H,3,12-14,16-17H2,1-2H3,(H,29,35)(H,30,31). The summed E-state index contributed by atoms with van der Waals surface area (Å²) in [6.07, 6.45) is 2.62. The van der Waals surface area contributed by atoms with Crippen LogP contribution in [-0.4, -0.2) is 44.4 Å². The Hall–Kier alpha value is -3.98. The topological polar surface area (TPSA) is 88.1 Å². The van der Waals surface area contributed by atoms with E-state index in [1.54, 1.807) is 19.2 Å². The molecule has 2 aromatic heterocycles. The Morgan fingerprint density at radius 2 is 1.94 bits per heavy atom. The highest BCUT2D eigenvalue weighted by Crippen LogP contribution is 2.27. The average molecular weight is 489 g/mol. The third kappa shape index (κ3) is 4.87. The number of nitrogens with one attached hydrogen (secondary N) is 2. The number of rotatable bonds is 8. The Kier molecular flexibility index (Phi) is 6.81. The van der Waals surface area contributed by atoms with Gasteiger partial charge in [-0.25, -0.2) is 4.39 Å². The maximum atomic E-state index is 13.4. The Bertz CT molecular complexity index is 1340. The van der Waals surface area contributed by atoms with Crippen LogP contribution in [0.4, 0.5) is 4.39 Å². The van der Waals surface area contributed by atoms with Crippen molar-refractivity contribution in [2.75, 3.05) is 13.7 Å². The van der Waals surface area contributed by atoms with E-state index in [2.05, 4.69) is 25.5 Å². The number of methoxy groups -OCH3 is 1. The SMILES string of the molecule is CCn1nc(C(=O)NCc2ccc(OC)cc2)c2c1CCN(Cc1cn[nH]c1-c1ccc(F)cc1)C2. The van der Waals surface area contributed by atoms with E-state index < -0.39 is 0 Å². The first-order chi connectivity index (χ1) is 17.6. The summed E-state index contributed by atoms with van der Waals surface area (Å²) in [4.78, 5) is 15.5. The summed E-state index contributed by atoms with van der Waals surface area (Å²) in [6.45, 7) is 5.29. The molecule has 2 aromatic carbocycles. The minimum absolute atomic E-state index is 0.175. The Morgan fingerprint density at radius 3 is 2.67 bits per heavy atom. The fourth-order valence-corrected chi connectivity index (χ4v) is 4.67. The van der Waals surface area contributed by atoms with Crippen molar-refractivity contribution >= 4 is 5.91 Å². The molecule has 0 fully saturated rings. The third-order valence-corrected chi connectivity index (χ3v) is 6.58. The van der Waals surface area contributed by atoms with Crippen LogP contribution in [0.2, 0.25) is 0 Å². The minimum atomic E-state index is -0.269. The van der Waals surface area contributed by atoms with Crippen molar-refractivity contribution in [3.05, 3.63) is 88.6 Å². The number of halogens is 1. The number of amides is 1. The van der Waals surface area contributed by atoms with Crippen LogP contribution in [0.15, 0.2) is 54.7 Å². The highest BCUT2D eigenvalue weighted by Gasteiger charge is 2.28. The van der Waals surface area contributed by atoms with Gasteiger partial charge in [-0.3, -0.25) is 19.5 Å². The maximum absolute atomic E-state index is 13.4. The van der Waals surface area contributed by atoms with E-state index in [0.717, 1.165) is 52.4 Å². The van der Waals surface area contributed by atoms with Gasteiger partial charge in [0.2, 0.25) is 0 Å². The van der Waals surface area contributed by atoms with Gasteiger partial charge in [0.25, 0.3) is 5.91 Å². The number of nitrogens with zero attached hydrogens (tertiary/aromatic N) is 4. The van der Waals surface area contributed by atoms with Crippen molar-refractivity contribution in [2.45, 2.75) is 39.5 Å². The molecule has 36 heavy (non-hydrogen) atoms. The van der Waals surface area contributed by atoms with E-state index in [-0.39, 0.29) is 11.7 Å². The molecular weight excluding hydrogens is 459 g/mol. The largest absolute Gasteiger partial charge is 0.497 e. The first kappa shape index (κ1) is 23.7. The molecule has 1 amide bonds. The van der Waals surface area contributed by atoms with E-state index in [0.29, 0.717) is 31.9 Å². The summed E-state index contributed by atoms with van der Waals surface area (Å²) >= 11 is 0. The summed E-state index contributed by atoms with van der Waals surface area (Å²) in [5.41, 5.74) is 6.36. The van der Waals surface area contributed by atoms with E-state index in [9.17, 15) is 9.18 Å². The molecule has 0 spiro atoms. The van der Waals surface area contributed by atoms with Gasteiger partial charge < -0.3 is 10.1 Å². The van der Waals surface area contributed by atoms with Crippen molar-refractivity contribution in [3.63, 3.8) is 0 Å². The first-order valence-electron chi connectivity index (χ1n) is 12.1. The molecule has 0 saturated carbocycles. The second-order valence-electron chi connectivity index (χ2n) is 8.86. The maximum Gasteiger partial charge on any atom is 0.272 e. The molecule has 0 atom stereocenters. The lowest BCUT2D eigenvalue weighted by Gasteiger charge is -2.27. The summed E-state index contributed by atoms with van der Waals surface area (Å²) in [5.74, 6) is 0.335. The number of H-pyrrole nitrogens is 1. The molecule has 9 heteroatoms. The van der Waals surface area contributed by atoms with E-state index >= 15 is 0 Å². The van der Waals surface area contributed by atoms with Gasteiger partial charge in [0, 0.05) is 61.5 Å². The number of carbonyl (C=O) groups excluding carboxylic acids is 1. The molecule has 0 bridgehead atoms. The van der Waals surface area contributed by atoms with Gasteiger partial charge in [-0.2, -0.15) is 10.2 Å². The highest BCUT2D eigenvalue weighted by molar-refractivity contribution is 5.94. The third-order valence-electron chi connectivity index (χ3n) is 6.58. The molecule has 0 saturated heterocycles. The molecule has 3 heterocycles. The summed E-state index contributed by atoms with van der Waals surface area (Å²) in [6, 6.07) is 14.0. The number of hydrogen-bond acceptors (Lipinski definition) is 5. The van der Waals surface area contributed by atoms with Crippen LogP contribution in [-0.2, 0) is 32.6 Å². The van der Waals surface area contributed by atoms with Gasteiger partial charge in [0.05, 0.1) is 19.0 Å². The fraction of sp³-hybridized carbons (Fsp3) is 0.296. The van der Waals surface area contributed by atoms with Crippen molar-refractivity contribution < 1.29 is 13.9 Å². The van der Waals surface area contributed by atoms with Gasteiger partial charge in [-0.15, -0.1) is 0 Å². The van der Waals surface area contributed by atoms with Crippen LogP contribution in [0.25, 0.3) is 11.3 Å². The molecule has 1 aliphatic rings. The van der Waals surface area contributed by atoms with Crippen LogP contribution in [0.5, 0.6) is 5.75 Å². The van der Waals surface area contributed by atoms with Crippen molar-refractivity contribution in [1.82, 2.24) is 30.2 Å². The van der Waals surface area contributed by atoms with E-state index in [4.69, 9.17) is 4.74 Å². The van der Waals surface area contributed by atoms with Crippen molar-refractivity contribution in [3.8, 4) is 17.0 Å². The number of fused-ring (bicyclic) bond motifs is 1. The zero-order valence-corrected chi connectivity index (χ0v) is 20.4. The number of aryl methyl sites for hydroxylation is 1. The van der Waals surface area contributed by atoms with Crippen LogP contribution < -0.4 is 10.1 Å². The van der Waals surface area contributed by atoms with Gasteiger partial charge in [0.15, 0.2) is 5.69 Å². The molecule has 186 valence electrons. The molecular formula is C27H29FN6O2. The normalized spacial score (nSPS) is 13.4. The molecule has 5 rings (SSSR count). The number of carbonyl (C=O) groups is 1. The van der Waals surface area contributed by atoms with E-state index in [1.165, 1.54) is 12.1 Å². The summed E-state index contributed by atoms with van der Waals surface area (Å²) in [5, 5.41) is 14.9. The minimum Gasteiger partial charge on any atom is -0.497 e. The predicted octanol–water partition coefficient (Wildman–Crippen LogP) is 3.93. The number of ether oxygens (including phenoxy) is 1. The van der Waals surface area contributed by atoms with Crippen LogP contribution in [0.3, 0.4) is 0 Å². The second kappa shape index (κ2) is 10.3. The highest BCUT2D eigenvalue weighted by atomic mass is 19.1. The predicted molar refractivity (Wildman–Crippen MR) is 134 cm³/mol. The first-order valence-corrected chi connectivity index (χ1v) is 12.1. The Balaban J connectivity index is 1.31. The Labute approximate surface area is 209 Å².